The number of thioether (sulfide) groups is 1. The number of nitrogens with zero attached hydrogens (tertiary/aromatic N) is 1. The van der Waals surface area contributed by atoms with Crippen molar-refractivity contribution in [3.05, 3.63) is 64.1 Å². The Hall–Kier alpha value is -1.26. The Kier molecular flexibility index (Phi) is 4.66. The average molecular weight is 361 g/mol. The molecule has 1 unspecified atom stereocenters. The first kappa shape index (κ1) is 14.7. The zero-order valence-electron chi connectivity index (χ0n) is 11.8. The second kappa shape index (κ2) is 6.67. The summed E-state index contributed by atoms with van der Waals surface area (Å²) in [5, 5.41) is 4.92. The molecule has 2 aromatic carbocycles. The van der Waals surface area contributed by atoms with Crippen molar-refractivity contribution in [2.75, 3.05) is 11.9 Å². The second-order valence-electron chi connectivity index (χ2n) is 4.94. The third kappa shape index (κ3) is 3.50. The summed E-state index contributed by atoms with van der Waals surface area (Å²) >= 11 is 5.34. The summed E-state index contributed by atoms with van der Waals surface area (Å²) in [4.78, 5) is 4.64. The van der Waals surface area contributed by atoms with E-state index in [1.807, 2.05) is 11.8 Å². The fraction of sp³-hybridized carbons (Fsp3) is 0.235. The highest BCUT2D eigenvalue weighted by Gasteiger charge is 2.21. The van der Waals surface area contributed by atoms with E-state index in [1.165, 1.54) is 11.1 Å². The van der Waals surface area contributed by atoms with Crippen LogP contribution in [0.1, 0.15) is 23.3 Å². The summed E-state index contributed by atoms with van der Waals surface area (Å²) in [6.45, 7) is 3.01. The van der Waals surface area contributed by atoms with E-state index in [-0.39, 0.29) is 0 Å². The Morgan fingerprint density at radius 1 is 1.24 bits per heavy atom. The molecule has 0 saturated heterocycles. The lowest BCUT2D eigenvalue weighted by molar-refractivity contribution is 0.966. The van der Waals surface area contributed by atoms with Crippen molar-refractivity contribution >= 4 is 38.5 Å². The van der Waals surface area contributed by atoms with Crippen LogP contribution in [0.2, 0.25) is 0 Å². The van der Waals surface area contributed by atoms with Crippen molar-refractivity contribution in [2.24, 2.45) is 4.99 Å². The van der Waals surface area contributed by atoms with E-state index >= 15 is 0 Å². The van der Waals surface area contributed by atoms with Gasteiger partial charge in [-0.25, -0.2) is 0 Å². The normalized spacial score (nSPS) is 17.6. The predicted octanol–water partition coefficient (Wildman–Crippen LogP) is 5.27. The van der Waals surface area contributed by atoms with Crippen molar-refractivity contribution in [1.29, 1.82) is 0 Å². The van der Waals surface area contributed by atoms with Gasteiger partial charge in [0.1, 0.15) is 0 Å². The first-order valence-electron chi connectivity index (χ1n) is 7.07. The second-order valence-corrected chi connectivity index (χ2v) is 7.05. The van der Waals surface area contributed by atoms with E-state index in [0.29, 0.717) is 5.25 Å². The van der Waals surface area contributed by atoms with Crippen LogP contribution in [0.4, 0.5) is 5.69 Å². The van der Waals surface area contributed by atoms with E-state index < -0.39 is 0 Å². The van der Waals surface area contributed by atoms with Gasteiger partial charge in [0, 0.05) is 10.2 Å². The van der Waals surface area contributed by atoms with E-state index in [4.69, 9.17) is 0 Å². The number of halogens is 1. The maximum atomic E-state index is 4.64. The van der Waals surface area contributed by atoms with Crippen molar-refractivity contribution in [1.82, 2.24) is 0 Å². The molecule has 4 heteroatoms. The van der Waals surface area contributed by atoms with Crippen LogP contribution in [0.3, 0.4) is 0 Å². The zero-order valence-corrected chi connectivity index (χ0v) is 14.2. The van der Waals surface area contributed by atoms with Crippen LogP contribution in [0.15, 0.2) is 58.0 Å². The van der Waals surface area contributed by atoms with Crippen molar-refractivity contribution in [3.8, 4) is 0 Å². The number of benzene rings is 2. The van der Waals surface area contributed by atoms with Crippen LogP contribution in [0.25, 0.3) is 0 Å². The predicted molar refractivity (Wildman–Crippen MR) is 96.2 cm³/mol. The first-order valence-corrected chi connectivity index (χ1v) is 8.75. The van der Waals surface area contributed by atoms with E-state index in [0.717, 1.165) is 28.3 Å². The van der Waals surface area contributed by atoms with Crippen molar-refractivity contribution < 1.29 is 0 Å². The topological polar surface area (TPSA) is 24.4 Å². The minimum Gasteiger partial charge on any atom is -0.335 e. The largest absolute Gasteiger partial charge is 0.335 e. The molecule has 2 aromatic rings. The number of hydrogen-bond acceptors (Lipinski definition) is 3. The number of amidine groups is 1. The Morgan fingerprint density at radius 2 is 2.05 bits per heavy atom. The quantitative estimate of drug-likeness (QED) is 0.806. The number of nitrogens with one attached hydrogen (secondary N) is 1. The van der Waals surface area contributed by atoms with Crippen LogP contribution in [-0.4, -0.2) is 11.7 Å². The van der Waals surface area contributed by atoms with Crippen molar-refractivity contribution in [2.45, 2.75) is 18.6 Å². The molecule has 108 valence electrons. The smallest absolute Gasteiger partial charge is 0.161 e. The van der Waals surface area contributed by atoms with Gasteiger partial charge >= 0.3 is 0 Å². The van der Waals surface area contributed by atoms with Gasteiger partial charge in [0.25, 0.3) is 0 Å². The molecular formula is C17H17BrN2S. The summed E-state index contributed by atoms with van der Waals surface area (Å²) in [7, 11) is 0. The van der Waals surface area contributed by atoms with Crippen LogP contribution in [-0.2, 0) is 6.42 Å². The monoisotopic (exact) mass is 360 g/mol. The molecule has 0 spiro atoms. The van der Waals surface area contributed by atoms with E-state index in [2.05, 4.69) is 81.7 Å². The van der Waals surface area contributed by atoms with E-state index in [9.17, 15) is 0 Å². The van der Waals surface area contributed by atoms with Gasteiger partial charge in [-0.15, -0.1) is 0 Å². The lowest BCUT2D eigenvalue weighted by Crippen LogP contribution is -2.07. The molecule has 0 fully saturated rings. The lowest BCUT2D eigenvalue weighted by atomic mass is 10.1. The fourth-order valence-electron chi connectivity index (χ4n) is 2.38. The van der Waals surface area contributed by atoms with Gasteiger partial charge in [-0.2, -0.15) is 0 Å². The number of hydrogen-bond donors (Lipinski definition) is 1. The standard InChI is InChI=1S/C17H17BrN2S/c1-2-12-10-14(18)8-9-15(12)20-17-19-11-16(21-17)13-6-4-3-5-7-13/h3-10,16H,2,11H2,1H3,(H,19,20). The Bertz CT molecular complexity index is 655. The van der Waals surface area contributed by atoms with Crippen LogP contribution in [0.5, 0.6) is 0 Å². The molecular weight excluding hydrogens is 344 g/mol. The van der Waals surface area contributed by atoms with Crippen molar-refractivity contribution in [3.63, 3.8) is 0 Å². The van der Waals surface area contributed by atoms with Gasteiger partial charge in [0.2, 0.25) is 0 Å². The summed E-state index contributed by atoms with van der Waals surface area (Å²) in [5.41, 5.74) is 3.80. The Labute approximate surface area is 138 Å². The molecule has 3 rings (SSSR count). The summed E-state index contributed by atoms with van der Waals surface area (Å²) in [6, 6.07) is 16.9. The van der Waals surface area contributed by atoms with Crippen LogP contribution >= 0.6 is 27.7 Å². The summed E-state index contributed by atoms with van der Waals surface area (Å²) in [6.07, 6.45) is 1.00. The minimum atomic E-state index is 0.425. The Balaban J connectivity index is 1.70. The molecule has 1 atom stereocenters. The first-order chi connectivity index (χ1) is 10.3. The molecule has 1 N–H and O–H groups in total. The Morgan fingerprint density at radius 3 is 2.81 bits per heavy atom. The third-order valence-electron chi connectivity index (χ3n) is 3.52. The lowest BCUT2D eigenvalue weighted by Gasteiger charge is -2.12. The van der Waals surface area contributed by atoms with Gasteiger partial charge in [-0.3, -0.25) is 4.99 Å². The minimum absolute atomic E-state index is 0.425. The molecule has 0 bridgehead atoms. The van der Waals surface area contributed by atoms with Crippen LogP contribution in [0, 0.1) is 0 Å². The van der Waals surface area contributed by atoms with Gasteiger partial charge in [0.05, 0.1) is 11.8 Å². The molecule has 1 heterocycles. The molecule has 0 aromatic heterocycles. The van der Waals surface area contributed by atoms with E-state index in [1.54, 1.807) is 0 Å². The fourth-order valence-corrected chi connectivity index (χ4v) is 3.82. The summed E-state index contributed by atoms with van der Waals surface area (Å²) < 4.78 is 1.12. The molecule has 1 aliphatic rings. The maximum Gasteiger partial charge on any atom is 0.161 e. The number of aryl methyl sites for hydroxylation is 1. The van der Waals surface area contributed by atoms with Gasteiger partial charge in [-0.05, 0) is 35.7 Å². The highest BCUT2D eigenvalue weighted by atomic mass is 79.9. The van der Waals surface area contributed by atoms with Gasteiger partial charge < -0.3 is 5.32 Å². The highest BCUT2D eigenvalue weighted by molar-refractivity contribution is 9.10. The van der Waals surface area contributed by atoms with Gasteiger partial charge in [-0.1, -0.05) is 64.9 Å². The molecule has 0 amide bonds. The van der Waals surface area contributed by atoms with Gasteiger partial charge in [0.15, 0.2) is 5.17 Å². The number of anilines is 1. The zero-order chi connectivity index (χ0) is 14.7. The molecule has 1 aliphatic heterocycles. The average Bonchev–Trinajstić information content (AvgIpc) is 2.98. The van der Waals surface area contributed by atoms with Crippen LogP contribution < -0.4 is 5.32 Å². The maximum absolute atomic E-state index is 4.64. The molecule has 2 nitrogen and oxygen atoms in total. The molecule has 0 radical (unpaired) electrons. The summed E-state index contributed by atoms with van der Waals surface area (Å²) in [5.74, 6) is 0. The SMILES string of the molecule is CCc1cc(Br)ccc1NC1=NCC(c2ccccc2)S1. The molecule has 21 heavy (non-hydrogen) atoms. The third-order valence-corrected chi connectivity index (χ3v) is 5.17. The number of rotatable bonds is 3. The highest BCUT2D eigenvalue weighted by Crippen LogP contribution is 2.36. The molecule has 0 saturated carbocycles. The number of aliphatic imine (C=N–C) groups is 1. The molecule has 0 aliphatic carbocycles.